The van der Waals surface area contributed by atoms with E-state index >= 15 is 0 Å². The lowest BCUT2D eigenvalue weighted by Crippen LogP contribution is -2.63. The molecule has 7 nitrogen and oxygen atoms in total. The van der Waals surface area contributed by atoms with Crippen molar-refractivity contribution in [3.8, 4) is 5.75 Å². The van der Waals surface area contributed by atoms with Crippen LogP contribution in [0.2, 0.25) is 0 Å². The first kappa shape index (κ1) is 23.1. The van der Waals surface area contributed by atoms with E-state index in [0.717, 1.165) is 17.3 Å². The third kappa shape index (κ3) is 4.70. The van der Waals surface area contributed by atoms with Crippen LogP contribution in [0, 0.1) is 0 Å². The highest BCUT2D eigenvalue weighted by Gasteiger charge is 2.57. The van der Waals surface area contributed by atoms with Crippen LogP contribution in [0.4, 0.5) is 13.2 Å². The molecule has 2 aliphatic heterocycles. The Labute approximate surface area is 176 Å². The SMILES string of the molecule is CCc1cc(COC(C2OC3SC(=NC)NC3C(O)C2O)C(F)(F)F)ccc1OC. The molecule has 3 rings (SSSR count). The van der Waals surface area contributed by atoms with Crippen molar-refractivity contribution in [2.45, 2.75) is 62.0 Å². The monoisotopic (exact) mass is 450 g/mol. The first-order chi connectivity index (χ1) is 14.2. The van der Waals surface area contributed by atoms with Crippen LogP contribution >= 0.6 is 11.8 Å². The number of nitrogens with one attached hydrogen (secondary N) is 1. The number of aryl methyl sites for hydroxylation is 1. The van der Waals surface area contributed by atoms with Crippen molar-refractivity contribution in [3.05, 3.63) is 29.3 Å². The second-order valence-electron chi connectivity index (χ2n) is 7.04. The minimum absolute atomic E-state index is 0.342. The maximum Gasteiger partial charge on any atom is 0.417 e. The summed E-state index contributed by atoms with van der Waals surface area (Å²) in [7, 11) is 3.03. The summed E-state index contributed by atoms with van der Waals surface area (Å²) in [5, 5.41) is 24.0. The van der Waals surface area contributed by atoms with Crippen molar-refractivity contribution in [3.63, 3.8) is 0 Å². The molecule has 1 aromatic carbocycles. The quantitative estimate of drug-likeness (QED) is 0.609. The van der Waals surface area contributed by atoms with Crippen LogP contribution in [0.1, 0.15) is 18.1 Å². The van der Waals surface area contributed by atoms with Gasteiger partial charge >= 0.3 is 6.18 Å². The number of halogens is 3. The van der Waals surface area contributed by atoms with Gasteiger partial charge in [-0.1, -0.05) is 24.8 Å². The number of hydrogen-bond acceptors (Lipinski definition) is 7. The van der Waals surface area contributed by atoms with E-state index < -0.39 is 42.1 Å². The number of ether oxygens (including phenoxy) is 3. The van der Waals surface area contributed by atoms with Gasteiger partial charge in [-0.2, -0.15) is 13.2 Å². The highest BCUT2D eigenvalue weighted by molar-refractivity contribution is 8.14. The zero-order valence-corrected chi connectivity index (χ0v) is 17.5. The van der Waals surface area contributed by atoms with Crippen LogP contribution in [0.25, 0.3) is 0 Å². The maximum absolute atomic E-state index is 13.8. The topological polar surface area (TPSA) is 92.5 Å². The molecule has 168 valence electrons. The Balaban J connectivity index is 1.78. The summed E-state index contributed by atoms with van der Waals surface area (Å²) in [6, 6.07) is 4.25. The molecular formula is C19H25F3N2O5S. The van der Waals surface area contributed by atoms with Crippen molar-refractivity contribution in [2.24, 2.45) is 4.99 Å². The number of methoxy groups -OCH3 is 1. The number of alkyl halides is 3. The zero-order chi connectivity index (χ0) is 22.1. The van der Waals surface area contributed by atoms with Crippen molar-refractivity contribution in [1.82, 2.24) is 5.32 Å². The van der Waals surface area contributed by atoms with Gasteiger partial charge < -0.3 is 29.7 Å². The van der Waals surface area contributed by atoms with Gasteiger partial charge in [-0.25, -0.2) is 0 Å². The molecule has 2 heterocycles. The average Bonchev–Trinajstić information content (AvgIpc) is 3.14. The normalized spacial score (nSPS) is 31.3. The second-order valence-corrected chi connectivity index (χ2v) is 8.13. The van der Waals surface area contributed by atoms with Gasteiger partial charge in [0.05, 0.1) is 19.8 Å². The Morgan fingerprint density at radius 2 is 2.03 bits per heavy atom. The van der Waals surface area contributed by atoms with E-state index in [4.69, 9.17) is 14.2 Å². The molecule has 0 aromatic heterocycles. The second kappa shape index (κ2) is 9.31. The van der Waals surface area contributed by atoms with Crippen LogP contribution in [-0.4, -0.2) is 71.6 Å². The fraction of sp³-hybridized carbons (Fsp3) is 0.632. The molecule has 0 radical (unpaired) electrons. The Morgan fingerprint density at radius 1 is 1.30 bits per heavy atom. The van der Waals surface area contributed by atoms with E-state index in [0.29, 0.717) is 22.9 Å². The first-order valence-electron chi connectivity index (χ1n) is 9.45. The molecule has 1 aromatic rings. The van der Waals surface area contributed by atoms with Crippen molar-refractivity contribution < 1.29 is 37.6 Å². The number of rotatable bonds is 6. The number of aliphatic hydroxyl groups excluding tert-OH is 2. The summed E-state index contributed by atoms with van der Waals surface area (Å²) in [6.07, 6.45) is -11.6. The van der Waals surface area contributed by atoms with Gasteiger partial charge in [0.1, 0.15) is 29.5 Å². The lowest BCUT2D eigenvalue weighted by Gasteiger charge is -2.42. The van der Waals surface area contributed by atoms with Crippen LogP contribution in [0.15, 0.2) is 23.2 Å². The molecule has 30 heavy (non-hydrogen) atoms. The minimum Gasteiger partial charge on any atom is -0.496 e. The van der Waals surface area contributed by atoms with Crippen LogP contribution in [-0.2, 0) is 22.5 Å². The van der Waals surface area contributed by atoms with Gasteiger partial charge in [0.25, 0.3) is 0 Å². The molecular weight excluding hydrogens is 425 g/mol. The summed E-state index contributed by atoms with van der Waals surface area (Å²) >= 11 is 1.06. The van der Waals surface area contributed by atoms with Crippen molar-refractivity contribution in [2.75, 3.05) is 14.2 Å². The summed E-state index contributed by atoms with van der Waals surface area (Å²) in [6.45, 7) is 1.57. The smallest absolute Gasteiger partial charge is 0.417 e. The number of aliphatic hydroxyl groups is 2. The number of benzene rings is 1. The standard InChI is InChI=1S/C19H25F3N2O5S/c1-4-10-7-9(5-6-11(10)27-3)8-28-16(19(20,21)22)15-14(26)13(25)12-17(29-15)30-18(23-2)24-12/h5-7,12-17,25-26H,4,8H2,1-3H3,(H,23,24). The predicted molar refractivity (Wildman–Crippen MR) is 106 cm³/mol. The average molecular weight is 450 g/mol. The molecule has 0 aliphatic carbocycles. The summed E-state index contributed by atoms with van der Waals surface area (Å²) in [5.74, 6) is 0.646. The Hall–Kier alpha value is -1.53. The molecule has 3 N–H and O–H groups in total. The molecule has 0 amide bonds. The molecule has 0 spiro atoms. The molecule has 0 saturated carbocycles. The minimum atomic E-state index is -4.81. The number of thioether (sulfide) groups is 1. The Morgan fingerprint density at radius 3 is 2.63 bits per heavy atom. The lowest BCUT2D eigenvalue weighted by atomic mass is 9.94. The van der Waals surface area contributed by atoms with E-state index in [1.807, 2.05) is 6.92 Å². The molecule has 2 saturated heterocycles. The lowest BCUT2D eigenvalue weighted by molar-refractivity contribution is -0.287. The Bertz CT molecular complexity index is 779. The third-order valence-corrected chi connectivity index (χ3v) is 6.30. The van der Waals surface area contributed by atoms with Gasteiger partial charge in [0.15, 0.2) is 11.3 Å². The number of hydrogen-bond donors (Lipinski definition) is 3. The van der Waals surface area contributed by atoms with E-state index in [-0.39, 0.29) is 6.61 Å². The highest BCUT2D eigenvalue weighted by Crippen LogP contribution is 2.39. The van der Waals surface area contributed by atoms with Gasteiger partial charge in [-0.15, -0.1) is 0 Å². The van der Waals surface area contributed by atoms with E-state index in [1.54, 1.807) is 18.2 Å². The molecule has 6 atom stereocenters. The molecule has 0 bridgehead atoms. The summed E-state index contributed by atoms with van der Waals surface area (Å²) < 4.78 is 57.3. The van der Waals surface area contributed by atoms with Crippen molar-refractivity contribution in [1.29, 1.82) is 0 Å². The number of fused-ring (bicyclic) bond motifs is 1. The molecule has 6 unspecified atom stereocenters. The predicted octanol–water partition coefficient (Wildman–Crippen LogP) is 1.84. The number of aliphatic imine (C=N–C) groups is 1. The van der Waals surface area contributed by atoms with Gasteiger partial charge in [-0.3, -0.25) is 4.99 Å². The van der Waals surface area contributed by atoms with Crippen LogP contribution < -0.4 is 10.1 Å². The van der Waals surface area contributed by atoms with Gasteiger partial charge in [-0.05, 0) is 29.7 Å². The van der Waals surface area contributed by atoms with E-state index in [2.05, 4.69) is 10.3 Å². The highest BCUT2D eigenvalue weighted by atomic mass is 32.2. The first-order valence-corrected chi connectivity index (χ1v) is 10.3. The fourth-order valence-electron chi connectivity index (χ4n) is 3.56. The van der Waals surface area contributed by atoms with Crippen LogP contribution in [0.5, 0.6) is 5.75 Å². The summed E-state index contributed by atoms with van der Waals surface area (Å²) in [4.78, 5) is 3.93. The number of amidine groups is 1. The molecule has 2 aliphatic rings. The summed E-state index contributed by atoms with van der Waals surface area (Å²) in [5.41, 5.74) is 0.547. The largest absolute Gasteiger partial charge is 0.496 e. The molecule has 11 heteroatoms. The van der Waals surface area contributed by atoms with E-state index in [9.17, 15) is 23.4 Å². The fourth-order valence-corrected chi connectivity index (χ4v) is 4.65. The number of nitrogens with zero attached hydrogens (tertiary/aromatic N) is 1. The van der Waals surface area contributed by atoms with Crippen LogP contribution in [0.3, 0.4) is 0 Å². The zero-order valence-electron chi connectivity index (χ0n) is 16.7. The Kier molecular flexibility index (Phi) is 7.18. The third-order valence-electron chi connectivity index (χ3n) is 5.14. The maximum atomic E-state index is 13.8. The van der Waals surface area contributed by atoms with Crippen molar-refractivity contribution >= 4 is 16.9 Å². The van der Waals surface area contributed by atoms with E-state index in [1.165, 1.54) is 14.2 Å². The molecule has 2 fully saturated rings. The van der Waals surface area contributed by atoms with Gasteiger partial charge in [0.2, 0.25) is 0 Å². The van der Waals surface area contributed by atoms with Gasteiger partial charge in [0, 0.05) is 7.05 Å².